The van der Waals surface area contributed by atoms with Crippen molar-refractivity contribution in [3.05, 3.63) is 58.9 Å². The van der Waals surface area contributed by atoms with Crippen LogP contribution in [0, 0.1) is 12.7 Å². The molecule has 0 aliphatic rings. The molecule has 146 valence electrons. The van der Waals surface area contributed by atoms with Crippen LogP contribution in [0.25, 0.3) is 0 Å². The van der Waals surface area contributed by atoms with Crippen molar-refractivity contribution >= 4 is 5.96 Å². The first-order valence-electron chi connectivity index (χ1n) is 9.00. The van der Waals surface area contributed by atoms with Crippen LogP contribution in [-0.2, 0) is 6.54 Å². The molecule has 0 saturated carbocycles. The van der Waals surface area contributed by atoms with Gasteiger partial charge in [0.15, 0.2) is 17.5 Å². The van der Waals surface area contributed by atoms with E-state index in [2.05, 4.69) is 15.6 Å². The molecule has 2 aromatic rings. The molecule has 2 rings (SSSR count). The highest BCUT2D eigenvalue weighted by molar-refractivity contribution is 5.80. The summed E-state index contributed by atoms with van der Waals surface area (Å²) in [5.41, 5.74) is 2.51. The molecule has 0 fully saturated rings. The van der Waals surface area contributed by atoms with Crippen molar-refractivity contribution in [3.63, 3.8) is 0 Å². The highest BCUT2D eigenvalue weighted by atomic mass is 19.1. The third-order valence-corrected chi connectivity index (χ3v) is 4.26. The predicted octanol–water partition coefficient (Wildman–Crippen LogP) is 3.97. The SMILES string of the molecule is CCNC(=NCc1ccc(OC)c(OC)c1)NC(C)c1ccc(C)c(F)c1. The number of benzene rings is 2. The summed E-state index contributed by atoms with van der Waals surface area (Å²) in [4.78, 5) is 4.62. The Balaban J connectivity index is 2.12. The van der Waals surface area contributed by atoms with Crippen LogP contribution in [0.4, 0.5) is 4.39 Å². The quantitative estimate of drug-likeness (QED) is 0.570. The van der Waals surface area contributed by atoms with Gasteiger partial charge < -0.3 is 20.1 Å². The number of rotatable bonds is 7. The summed E-state index contributed by atoms with van der Waals surface area (Å²) in [6.07, 6.45) is 0. The first-order chi connectivity index (χ1) is 13.0. The van der Waals surface area contributed by atoms with Crippen molar-refractivity contribution in [2.45, 2.75) is 33.4 Å². The van der Waals surface area contributed by atoms with Crippen LogP contribution < -0.4 is 20.1 Å². The minimum absolute atomic E-state index is 0.0803. The van der Waals surface area contributed by atoms with E-state index in [1.165, 1.54) is 0 Å². The minimum atomic E-state index is -0.201. The normalized spacial score (nSPS) is 12.4. The molecule has 27 heavy (non-hydrogen) atoms. The fourth-order valence-electron chi connectivity index (χ4n) is 2.64. The van der Waals surface area contributed by atoms with Gasteiger partial charge in [0.1, 0.15) is 5.82 Å². The Hall–Kier alpha value is -2.76. The van der Waals surface area contributed by atoms with E-state index in [0.29, 0.717) is 29.6 Å². The number of aliphatic imine (C=N–C) groups is 1. The number of ether oxygens (including phenoxy) is 2. The molecule has 5 nitrogen and oxygen atoms in total. The Kier molecular flexibility index (Phi) is 7.46. The lowest BCUT2D eigenvalue weighted by Gasteiger charge is -2.18. The van der Waals surface area contributed by atoms with Gasteiger partial charge in [0.05, 0.1) is 26.8 Å². The monoisotopic (exact) mass is 373 g/mol. The molecule has 0 aliphatic carbocycles. The number of methoxy groups -OCH3 is 2. The van der Waals surface area contributed by atoms with E-state index in [-0.39, 0.29) is 11.9 Å². The number of halogens is 1. The molecule has 2 aromatic carbocycles. The summed E-state index contributed by atoms with van der Waals surface area (Å²) < 4.78 is 24.4. The number of nitrogens with one attached hydrogen (secondary N) is 2. The predicted molar refractivity (Wildman–Crippen MR) is 107 cm³/mol. The lowest BCUT2D eigenvalue weighted by Crippen LogP contribution is -2.38. The maximum absolute atomic E-state index is 13.8. The molecule has 0 radical (unpaired) electrons. The zero-order valence-electron chi connectivity index (χ0n) is 16.6. The van der Waals surface area contributed by atoms with Gasteiger partial charge in [-0.1, -0.05) is 18.2 Å². The van der Waals surface area contributed by atoms with E-state index in [9.17, 15) is 4.39 Å². The van der Waals surface area contributed by atoms with Gasteiger partial charge in [0, 0.05) is 6.54 Å². The summed E-state index contributed by atoms with van der Waals surface area (Å²) in [5.74, 6) is 1.83. The van der Waals surface area contributed by atoms with E-state index in [4.69, 9.17) is 9.47 Å². The molecule has 0 spiro atoms. The number of hydrogen-bond donors (Lipinski definition) is 2. The minimum Gasteiger partial charge on any atom is -0.493 e. The van der Waals surface area contributed by atoms with Crippen LogP contribution in [0.2, 0.25) is 0 Å². The molecule has 0 saturated heterocycles. The third-order valence-electron chi connectivity index (χ3n) is 4.26. The van der Waals surface area contributed by atoms with Crippen molar-refractivity contribution in [2.24, 2.45) is 4.99 Å². The molecule has 0 heterocycles. The van der Waals surface area contributed by atoms with E-state index in [0.717, 1.165) is 17.7 Å². The zero-order valence-corrected chi connectivity index (χ0v) is 16.6. The van der Waals surface area contributed by atoms with Crippen LogP contribution in [0.1, 0.15) is 36.6 Å². The Bertz CT molecular complexity index is 793. The van der Waals surface area contributed by atoms with Gasteiger partial charge in [-0.2, -0.15) is 0 Å². The van der Waals surface area contributed by atoms with Gasteiger partial charge in [-0.15, -0.1) is 0 Å². The first-order valence-corrected chi connectivity index (χ1v) is 9.00. The van der Waals surface area contributed by atoms with Crippen LogP contribution in [0.3, 0.4) is 0 Å². The second kappa shape index (κ2) is 9.80. The summed E-state index contributed by atoms with van der Waals surface area (Å²) in [6, 6.07) is 10.9. The molecule has 0 aliphatic heterocycles. The van der Waals surface area contributed by atoms with Crippen LogP contribution in [-0.4, -0.2) is 26.7 Å². The van der Waals surface area contributed by atoms with Crippen molar-refractivity contribution in [1.29, 1.82) is 0 Å². The second-order valence-corrected chi connectivity index (χ2v) is 6.26. The van der Waals surface area contributed by atoms with Gasteiger partial charge >= 0.3 is 0 Å². The fraction of sp³-hybridized carbons (Fsp3) is 0.381. The number of guanidine groups is 1. The molecule has 1 unspecified atom stereocenters. The molecule has 0 amide bonds. The summed E-state index contributed by atoms with van der Waals surface area (Å²) in [6.45, 7) is 6.94. The van der Waals surface area contributed by atoms with Gasteiger partial charge in [-0.05, 0) is 55.7 Å². The molecular weight excluding hydrogens is 345 g/mol. The topological polar surface area (TPSA) is 54.9 Å². The third kappa shape index (κ3) is 5.61. The van der Waals surface area contributed by atoms with Gasteiger partial charge in [-0.3, -0.25) is 0 Å². The highest BCUT2D eigenvalue weighted by Gasteiger charge is 2.10. The number of hydrogen-bond acceptors (Lipinski definition) is 3. The average molecular weight is 373 g/mol. The lowest BCUT2D eigenvalue weighted by atomic mass is 10.1. The zero-order chi connectivity index (χ0) is 19.8. The van der Waals surface area contributed by atoms with Crippen molar-refractivity contribution in [2.75, 3.05) is 20.8 Å². The van der Waals surface area contributed by atoms with Gasteiger partial charge in [0.25, 0.3) is 0 Å². The Morgan fingerprint density at radius 2 is 1.85 bits per heavy atom. The van der Waals surface area contributed by atoms with Crippen molar-refractivity contribution in [1.82, 2.24) is 10.6 Å². The Labute approximate surface area is 160 Å². The highest BCUT2D eigenvalue weighted by Crippen LogP contribution is 2.27. The number of nitrogens with zero attached hydrogens (tertiary/aromatic N) is 1. The van der Waals surface area contributed by atoms with Gasteiger partial charge in [0.2, 0.25) is 0 Å². The maximum Gasteiger partial charge on any atom is 0.192 e. The van der Waals surface area contributed by atoms with Crippen molar-refractivity contribution in [3.8, 4) is 11.5 Å². The van der Waals surface area contributed by atoms with E-state index in [1.54, 1.807) is 33.3 Å². The average Bonchev–Trinajstić information content (AvgIpc) is 2.68. The van der Waals surface area contributed by atoms with E-state index in [1.807, 2.05) is 38.1 Å². The van der Waals surface area contributed by atoms with Crippen molar-refractivity contribution < 1.29 is 13.9 Å². The molecule has 2 N–H and O–H groups in total. The molecule has 1 atom stereocenters. The second-order valence-electron chi connectivity index (χ2n) is 6.26. The summed E-state index contributed by atoms with van der Waals surface area (Å²) >= 11 is 0. The lowest BCUT2D eigenvalue weighted by molar-refractivity contribution is 0.354. The van der Waals surface area contributed by atoms with Crippen LogP contribution in [0.15, 0.2) is 41.4 Å². The van der Waals surface area contributed by atoms with E-state index < -0.39 is 0 Å². The van der Waals surface area contributed by atoms with Crippen LogP contribution >= 0.6 is 0 Å². The molecular formula is C21H28FN3O2. The molecule has 6 heteroatoms. The summed E-state index contributed by atoms with van der Waals surface area (Å²) in [5, 5.41) is 6.54. The maximum atomic E-state index is 13.8. The molecule has 0 bridgehead atoms. The Morgan fingerprint density at radius 3 is 2.48 bits per heavy atom. The first kappa shape index (κ1) is 20.6. The standard InChI is InChI=1S/C21H28FN3O2/c1-6-23-21(25-15(3)17-9-7-14(2)18(22)12-17)24-13-16-8-10-19(26-4)20(11-16)27-5/h7-12,15H,6,13H2,1-5H3,(H2,23,24,25). The summed E-state index contributed by atoms with van der Waals surface area (Å²) in [7, 11) is 3.22. The largest absolute Gasteiger partial charge is 0.493 e. The fourth-order valence-corrected chi connectivity index (χ4v) is 2.64. The smallest absolute Gasteiger partial charge is 0.192 e. The van der Waals surface area contributed by atoms with Crippen LogP contribution in [0.5, 0.6) is 11.5 Å². The van der Waals surface area contributed by atoms with E-state index >= 15 is 0 Å². The Morgan fingerprint density at radius 1 is 1.11 bits per heavy atom. The molecule has 0 aromatic heterocycles. The number of aryl methyl sites for hydroxylation is 1. The van der Waals surface area contributed by atoms with Gasteiger partial charge in [-0.25, -0.2) is 9.38 Å².